The molecule has 2 aromatic carbocycles. The zero-order chi connectivity index (χ0) is 19.8. The van der Waals surface area contributed by atoms with E-state index < -0.39 is 26.7 Å². The van der Waals surface area contributed by atoms with Crippen LogP contribution in [-0.4, -0.2) is 13.4 Å². The number of nitrogens with zero attached hydrogens (tertiary/aromatic N) is 1. The molecule has 1 heterocycles. The number of benzene rings is 2. The first-order valence-corrected chi connectivity index (χ1v) is 9.35. The van der Waals surface area contributed by atoms with E-state index in [9.17, 15) is 21.6 Å². The highest BCUT2D eigenvalue weighted by Gasteiger charge is 2.32. The minimum Gasteiger partial charge on any atom is -0.441 e. The molecule has 0 aliphatic rings. The van der Waals surface area contributed by atoms with Crippen LogP contribution < -0.4 is 4.72 Å². The maximum Gasteiger partial charge on any atom is 0.416 e. The summed E-state index contributed by atoms with van der Waals surface area (Å²) in [7, 11) is -4.32. The van der Waals surface area contributed by atoms with Crippen molar-refractivity contribution in [2.45, 2.75) is 18.0 Å². The number of aryl methyl sites for hydroxylation is 1. The molecule has 0 saturated heterocycles. The monoisotopic (exact) mass is 416 g/mol. The summed E-state index contributed by atoms with van der Waals surface area (Å²) in [6.45, 7) is 1.69. The van der Waals surface area contributed by atoms with Crippen LogP contribution in [-0.2, 0) is 16.2 Å². The van der Waals surface area contributed by atoms with Crippen molar-refractivity contribution in [2.24, 2.45) is 0 Å². The average Bonchev–Trinajstić information content (AvgIpc) is 3.01. The molecular formula is C17H12ClF3N2O3S. The summed E-state index contributed by atoms with van der Waals surface area (Å²) in [5.74, 6) is 0.983. The third-order valence-corrected chi connectivity index (χ3v) is 5.45. The van der Waals surface area contributed by atoms with Gasteiger partial charge in [0, 0.05) is 18.2 Å². The standard InChI is InChI=1S/C17H12ClF3N2O3S/c1-10-22-9-15(26-10)11-2-5-13(6-3-11)23-27(24,25)16-8-12(17(19,20)21)4-7-14(16)18/h2-9,23H,1H3. The summed E-state index contributed by atoms with van der Waals surface area (Å²) in [6.07, 6.45) is -3.16. The molecule has 3 aromatic rings. The molecular weight excluding hydrogens is 405 g/mol. The second kappa shape index (κ2) is 6.90. The molecule has 1 N–H and O–H groups in total. The smallest absolute Gasteiger partial charge is 0.416 e. The fraction of sp³-hybridized carbons (Fsp3) is 0.118. The molecule has 142 valence electrons. The number of hydrogen-bond donors (Lipinski definition) is 1. The number of oxazole rings is 1. The van der Waals surface area contributed by atoms with Gasteiger partial charge in [-0.3, -0.25) is 4.72 Å². The highest BCUT2D eigenvalue weighted by Crippen LogP contribution is 2.34. The van der Waals surface area contributed by atoms with Crippen LogP contribution in [0.5, 0.6) is 0 Å². The van der Waals surface area contributed by atoms with Crippen LogP contribution in [0.2, 0.25) is 5.02 Å². The lowest BCUT2D eigenvalue weighted by Crippen LogP contribution is -2.15. The number of anilines is 1. The summed E-state index contributed by atoms with van der Waals surface area (Å²) in [5, 5.41) is -0.316. The maximum atomic E-state index is 12.8. The fourth-order valence-corrected chi connectivity index (χ4v) is 3.88. The van der Waals surface area contributed by atoms with Gasteiger partial charge in [-0.2, -0.15) is 13.2 Å². The van der Waals surface area contributed by atoms with Gasteiger partial charge in [-0.1, -0.05) is 11.6 Å². The lowest BCUT2D eigenvalue weighted by atomic mass is 10.2. The molecule has 0 saturated carbocycles. The van der Waals surface area contributed by atoms with Gasteiger partial charge < -0.3 is 4.42 Å². The third-order valence-electron chi connectivity index (χ3n) is 3.59. The minimum atomic E-state index is -4.69. The molecule has 3 rings (SSSR count). The number of nitrogens with one attached hydrogen (secondary N) is 1. The Balaban J connectivity index is 1.89. The average molecular weight is 417 g/mol. The maximum absolute atomic E-state index is 12.8. The molecule has 27 heavy (non-hydrogen) atoms. The van der Waals surface area contributed by atoms with Crippen molar-refractivity contribution in [2.75, 3.05) is 4.72 Å². The molecule has 0 amide bonds. The molecule has 0 aliphatic heterocycles. The summed E-state index contributed by atoms with van der Waals surface area (Å²) >= 11 is 5.80. The molecule has 0 bridgehead atoms. The first kappa shape index (κ1) is 19.2. The quantitative estimate of drug-likeness (QED) is 0.640. The second-order valence-corrected chi connectivity index (χ2v) is 7.63. The van der Waals surface area contributed by atoms with Gasteiger partial charge in [0.05, 0.1) is 16.8 Å². The van der Waals surface area contributed by atoms with Gasteiger partial charge in [0.1, 0.15) is 4.90 Å². The molecule has 0 aliphatic carbocycles. The van der Waals surface area contributed by atoms with Crippen molar-refractivity contribution in [3.63, 3.8) is 0 Å². The van der Waals surface area contributed by atoms with E-state index in [1.807, 2.05) is 0 Å². The molecule has 0 atom stereocenters. The Hall–Kier alpha value is -2.52. The van der Waals surface area contributed by atoms with E-state index in [4.69, 9.17) is 16.0 Å². The molecule has 1 aromatic heterocycles. The number of aromatic nitrogens is 1. The molecule has 0 radical (unpaired) electrons. The van der Waals surface area contributed by atoms with Gasteiger partial charge >= 0.3 is 6.18 Å². The van der Waals surface area contributed by atoms with Crippen LogP contribution in [0.15, 0.2) is 58.0 Å². The van der Waals surface area contributed by atoms with Crippen molar-refractivity contribution < 1.29 is 26.0 Å². The largest absolute Gasteiger partial charge is 0.441 e. The zero-order valence-electron chi connectivity index (χ0n) is 13.7. The van der Waals surface area contributed by atoms with Gasteiger partial charge in [-0.15, -0.1) is 0 Å². The van der Waals surface area contributed by atoms with Crippen LogP contribution in [0.25, 0.3) is 11.3 Å². The van der Waals surface area contributed by atoms with Crippen LogP contribution in [0.3, 0.4) is 0 Å². The first-order valence-electron chi connectivity index (χ1n) is 7.49. The normalized spacial score (nSPS) is 12.2. The highest BCUT2D eigenvalue weighted by molar-refractivity contribution is 7.92. The van der Waals surface area contributed by atoms with Crippen molar-refractivity contribution in [3.8, 4) is 11.3 Å². The van der Waals surface area contributed by atoms with E-state index in [1.165, 1.54) is 18.3 Å². The lowest BCUT2D eigenvalue weighted by molar-refractivity contribution is -0.137. The molecule has 0 spiro atoms. The Morgan fingerprint density at radius 1 is 1.11 bits per heavy atom. The van der Waals surface area contributed by atoms with E-state index in [1.54, 1.807) is 19.1 Å². The van der Waals surface area contributed by atoms with Crippen LogP contribution in [0.4, 0.5) is 18.9 Å². The molecule has 5 nitrogen and oxygen atoms in total. The Kier molecular flexibility index (Phi) is 4.92. The molecule has 10 heteroatoms. The SMILES string of the molecule is Cc1ncc(-c2ccc(NS(=O)(=O)c3cc(C(F)(F)F)ccc3Cl)cc2)o1. The predicted octanol–water partition coefficient (Wildman–Crippen LogP) is 5.12. The van der Waals surface area contributed by atoms with Crippen LogP contribution in [0, 0.1) is 6.92 Å². The number of halogens is 4. The predicted molar refractivity (Wildman–Crippen MR) is 93.9 cm³/mol. The Labute approximate surface area is 157 Å². The van der Waals surface area contributed by atoms with E-state index in [0.717, 1.165) is 12.1 Å². The summed E-state index contributed by atoms with van der Waals surface area (Å²) in [4.78, 5) is 3.31. The minimum absolute atomic E-state index is 0.156. The van der Waals surface area contributed by atoms with Gasteiger partial charge in [-0.25, -0.2) is 13.4 Å². The van der Waals surface area contributed by atoms with Crippen molar-refractivity contribution in [1.29, 1.82) is 0 Å². The van der Waals surface area contributed by atoms with E-state index >= 15 is 0 Å². The third kappa shape index (κ3) is 4.25. The van der Waals surface area contributed by atoms with Gasteiger partial charge in [0.15, 0.2) is 11.7 Å². The Bertz CT molecular complexity index is 1080. The summed E-state index contributed by atoms with van der Waals surface area (Å²) in [5.41, 5.74) is -0.289. The zero-order valence-corrected chi connectivity index (χ0v) is 15.3. The van der Waals surface area contributed by atoms with E-state index in [2.05, 4.69) is 9.71 Å². The summed E-state index contributed by atoms with van der Waals surface area (Å²) in [6, 6.07) is 8.19. The topological polar surface area (TPSA) is 72.2 Å². The van der Waals surface area contributed by atoms with Crippen LogP contribution >= 0.6 is 11.6 Å². The number of hydrogen-bond acceptors (Lipinski definition) is 4. The number of alkyl halides is 3. The highest BCUT2D eigenvalue weighted by atomic mass is 35.5. The van der Waals surface area contributed by atoms with E-state index in [0.29, 0.717) is 23.3 Å². The van der Waals surface area contributed by atoms with Crippen LogP contribution in [0.1, 0.15) is 11.5 Å². The van der Waals surface area contributed by atoms with Crippen molar-refractivity contribution >= 4 is 27.3 Å². The number of rotatable bonds is 4. The molecule has 0 unspecified atom stereocenters. The number of sulfonamides is 1. The van der Waals surface area contributed by atoms with Gasteiger partial charge in [-0.05, 0) is 42.5 Å². The summed E-state index contributed by atoms with van der Waals surface area (Å²) < 4.78 is 71.1. The Morgan fingerprint density at radius 3 is 2.33 bits per heavy atom. The lowest BCUT2D eigenvalue weighted by Gasteiger charge is -2.12. The van der Waals surface area contributed by atoms with E-state index in [-0.39, 0.29) is 10.7 Å². The van der Waals surface area contributed by atoms with Crippen molar-refractivity contribution in [1.82, 2.24) is 4.98 Å². The van der Waals surface area contributed by atoms with Gasteiger partial charge in [0.2, 0.25) is 0 Å². The van der Waals surface area contributed by atoms with Gasteiger partial charge in [0.25, 0.3) is 10.0 Å². The fourth-order valence-electron chi connectivity index (χ4n) is 2.29. The molecule has 0 fully saturated rings. The second-order valence-electron chi connectivity index (χ2n) is 5.57. The Morgan fingerprint density at radius 2 is 1.78 bits per heavy atom. The first-order chi connectivity index (χ1) is 12.6. The van der Waals surface area contributed by atoms with Crippen molar-refractivity contribution in [3.05, 3.63) is 65.1 Å².